The van der Waals surface area contributed by atoms with Gasteiger partial charge in [-0.15, -0.1) is 0 Å². The van der Waals surface area contributed by atoms with Crippen LogP contribution in [0.4, 0.5) is 5.69 Å². The molecule has 0 aliphatic rings. The van der Waals surface area contributed by atoms with Gasteiger partial charge in [-0.25, -0.2) is 0 Å². The fourth-order valence-corrected chi connectivity index (χ4v) is 1.74. The molecule has 0 aliphatic heterocycles. The van der Waals surface area contributed by atoms with Crippen molar-refractivity contribution in [2.24, 2.45) is 5.92 Å². The number of carbonyl (C=O) groups excluding carboxylic acids is 1. The van der Waals surface area contributed by atoms with Gasteiger partial charge in [0.25, 0.3) is 0 Å². The summed E-state index contributed by atoms with van der Waals surface area (Å²) in [7, 11) is 2.09. The van der Waals surface area contributed by atoms with Crippen LogP contribution in [0.2, 0.25) is 0 Å². The van der Waals surface area contributed by atoms with Gasteiger partial charge in [0.15, 0.2) is 5.78 Å². The second kappa shape index (κ2) is 6.43. The Morgan fingerprint density at radius 2 is 1.82 bits per heavy atom. The first-order valence-electron chi connectivity index (χ1n) is 6.41. The Balaban J connectivity index is 2.70. The summed E-state index contributed by atoms with van der Waals surface area (Å²) in [5.41, 5.74) is 1.99. The average Bonchev–Trinajstić information content (AvgIpc) is 2.35. The van der Waals surface area contributed by atoms with Crippen molar-refractivity contribution >= 4 is 11.5 Å². The minimum Gasteiger partial charge on any atom is -0.375 e. The second-order valence-corrected chi connectivity index (χ2v) is 4.84. The van der Waals surface area contributed by atoms with E-state index >= 15 is 0 Å². The van der Waals surface area contributed by atoms with Crippen molar-refractivity contribution in [1.82, 2.24) is 0 Å². The summed E-state index contributed by atoms with van der Waals surface area (Å²) in [6.45, 7) is 7.12. The van der Waals surface area contributed by atoms with E-state index in [4.69, 9.17) is 0 Å². The van der Waals surface area contributed by atoms with E-state index in [0.717, 1.165) is 12.1 Å². The summed E-state index contributed by atoms with van der Waals surface area (Å²) < 4.78 is 0. The lowest BCUT2D eigenvalue weighted by Crippen LogP contribution is -2.18. The Morgan fingerprint density at radius 3 is 2.29 bits per heavy atom. The van der Waals surface area contributed by atoms with Crippen LogP contribution in [0.1, 0.15) is 44.0 Å². The maximum atomic E-state index is 11.8. The molecule has 0 saturated carbocycles. The topological polar surface area (TPSA) is 20.3 Å². The highest BCUT2D eigenvalue weighted by atomic mass is 16.1. The molecular weight excluding hydrogens is 210 g/mol. The van der Waals surface area contributed by atoms with Crippen LogP contribution in [0.5, 0.6) is 0 Å². The molecule has 0 heterocycles. The number of rotatable bonds is 6. The van der Waals surface area contributed by atoms with E-state index in [0.29, 0.717) is 0 Å². The monoisotopic (exact) mass is 233 g/mol. The Labute approximate surface area is 105 Å². The summed E-state index contributed by atoms with van der Waals surface area (Å²) in [5.74, 6) is 0.284. The van der Waals surface area contributed by atoms with Crippen molar-refractivity contribution in [2.45, 2.75) is 33.6 Å². The first-order valence-corrected chi connectivity index (χ1v) is 6.41. The van der Waals surface area contributed by atoms with E-state index in [1.165, 1.54) is 18.5 Å². The number of ketones is 1. The van der Waals surface area contributed by atoms with Gasteiger partial charge in [-0.2, -0.15) is 0 Å². The van der Waals surface area contributed by atoms with Gasteiger partial charge in [0.2, 0.25) is 0 Å². The molecule has 0 atom stereocenters. The van der Waals surface area contributed by atoms with E-state index in [-0.39, 0.29) is 11.7 Å². The molecule has 17 heavy (non-hydrogen) atoms. The van der Waals surface area contributed by atoms with E-state index in [9.17, 15) is 4.79 Å². The molecule has 94 valence electrons. The van der Waals surface area contributed by atoms with Crippen molar-refractivity contribution in [3.63, 3.8) is 0 Å². The van der Waals surface area contributed by atoms with Gasteiger partial charge in [-0.3, -0.25) is 4.79 Å². The molecule has 0 saturated heterocycles. The molecule has 0 radical (unpaired) electrons. The highest BCUT2D eigenvalue weighted by Gasteiger charge is 2.10. The normalized spacial score (nSPS) is 10.6. The standard InChI is InChI=1S/C15H23NO/c1-5-6-11-16(4)14-9-7-13(8-10-14)15(17)12(2)3/h7-10,12H,5-6,11H2,1-4H3. The fourth-order valence-electron chi connectivity index (χ4n) is 1.74. The van der Waals surface area contributed by atoms with Crippen LogP contribution in [0.3, 0.4) is 0 Å². The SMILES string of the molecule is CCCCN(C)c1ccc(C(=O)C(C)C)cc1. The fraction of sp³-hybridized carbons (Fsp3) is 0.533. The third-order valence-electron chi connectivity index (χ3n) is 2.96. The quantitative estimate of drug-likeness (QED) is 0.697. The van der Waals surface area contributed by atoms with Crippen molar-refractivity contribution in [3.8, 4) is 0 Å². The van der Waals surface area contributed by atoms with Crippen molar-refractivity contribution < 1.29 is 4.79 Å². The zero-order chi connectivity index (χ0) is 12.8. The maximum absolute atomic E-state index is 11.8. The number of benzene rings is 1. The largest absolute Gasteiger partial charge is 0.375 e. The minimum absolute atomic E-state index is 0.0682. The van der Waals surface area contributed by atoms with Crippen LogP contribution >= 0.6 is 0 Å². The molecule has 0 spiro atoms. The molecular formula is C15H23NO. The number of carbonyl (C=O) groups is 1. The van der Waals surface area contributed by atoms with Crippen LogP contribution in [0.15, 0.2) is 24.3 Å². The molecule has 0 amide bonds. The van der Waals surface area contributed by atoms with Gasteiger partial charge in [-0.05, 0) is 30.7 Å². The molecule has 2 nitrogen and oxygen atoms in total. The van der Waals surface area contributed by atoms with Crippen molar-refractivity contribution in [3.05, 3.63) is 29.8 Å². The van der Waals surface area contributed by atoms with Crippen LogP contribution in [-0.4, -0.2) is 19.4 Å². The lowest BCUT2D eigenvalue weighted by molar-refractivity contribution is 0.0939. The highest BCUT2D eigenvalue weighted by molar-refractivity contribution is 5.97. The maximum Gasteiger partial charge on any atom is 0.165 e. The zero-order valence-electron chi connectivity index (χ0n) is 11.4. The van der Waals surface area contributed by atoms with Crippen molar-refractivity contribution in [1.29, 1.82) is 0 Å². The molecule has 0 bridgehead atoms. The van der Waals surface area contributed by atoms with Crippen LogP contribution in [-0.2, 0) is 0 Å². The van der Waals surface area contributed by atoms with Gasteiger partial charge in [-0.1, -0.05) is 27.2 Å². The number of unbranched alkanes of at least 4 members (excludes halogenated alkanes) is 1. The average molecular weight is 233 g/mol. The number of hydrogen-bond acceptors (Lipinski definition) is 2. The predicted octanol–water partition coefficient (Wildman–Crippen LogP) is 3.76. The van der Waals surface area contributed by atoms with Gasteiger partial charge in [0, 0.05) is 30.8 Å². The Kier molecular flexibility index (Phi) is 5.20. The smallest absolute Gasteiger partial charge is 0.165 e. The van der Waals surface area contributed by atoms with E-state index in [2.05, 4.69) is 18.9 Å². The molecule has 0 N–H and O–H groups in total. The molecule has 0 fully saturated rings. The number of hydrogen-bond donors (Lipinski definition) is 0. The van der Waals surface area contributed by atoms with E-state index in [1.54, 1.807) is 0 Å². The Morgan fingerprint density at radius 1 is 1.24 bits per heavy atom. The first-order chi connectivity index (χ1) is 8.06. The van der Waals surface area contributed by atoms with Crippen LogP contribution in [0.25, 0.3) is 0 Å². The van der Waals surface area contributed by atoms with Crippen LogP contribution < -0.4 is 4.90 Å². The summed E-state index contributed by atoms with van der Waals surface area (Å²) >= 11 is 0. The summed E-state index contributed by atoms with van der Waals surface area (Å²) in [4.78, 5) is 14.0. The molecule has 0 aliphatic carbocycles. The Hall–Kier alpha value is -1.31. The van der Waals surface area contributed by atoms with Crippen molar-refractivity contribution in [2.75, 3.05) is 18.5 Å². The molecule has 1 aromatic rings. The van der Waals surface area contributed by atoms with Gasteiger partial charge in [0.05, 0.1) is 0 Å². The molecule has 2 heteroatoms. The third kappa shape index (κ3) is 3.88. The molecule has 1 aromatic carbocycles. The second-order valence-electron chi connectivity index (χ2n) is 4.84. The summed E-state index contributed by atoms with van der Waals surface area (Å²) in [6, 6.07) is 7.93. The minimum atomic E-state index is 0.0682. The lowest BCUT2D eigenvalue weighted by atomic mass is 10.0. The predicted molar refractivity (Wildman–Crippen MR) is 73.8 cm³/mol. The van der Waals surface area contributed by atoms with Gasteiger partial charge < -0.3 is 4.90 Å². The highest BCUT2D eigenvalue weighted by Crippen LogP contribution is 2.16. The number of Topliss-reactive ketones (excluding diaryl/α,β-unsaturated/α-hetero) is 1. The van der Waals surface area contributed by atoms with Crippen LogP contribution in [0, 0.1) is 5.92 Å². The number of nitrogens with zero attached hydrogens (tertiary/aromatic N) is 1. The molecule has 1 rings (SSSR count). The van der Waals surface area contributed by atoms with Gasteiger partial charge in [0.1, 0.15) is 0 Å². The summed E-state index contributed by atoms with van der Waals surface area (Å²) in [5, 5.41) is 0. The van der Waals surface area contributed by atoms with E-state index < -0.39 is 0 Å². The number of anilines is 1. The first kappa shape index (κ1) is 13.8. The summed E-state index contributed by atoms with van der Waals surface area (Å²) in [6.07, 6.45) is 2.40. The lowest BCUT2D eigenvalue weighted by Gasteiger charge is -2.19. The van der Waals surface area contributed by atoms with Gasteiger partial charge >= 0.3 is 0 Å². The zero-order valence-corrected chi connectivity index (χ0v) is 11.4. The van der Waals surface area contributed by atoms with E-state index in [1.807, 2.05) is 38.1 Å². The molecule has 0 unspecified atom stereocenters. The third-order valence-corrected chi connectivity index (χ3v) is 2.96. The Bertz CT molecular complexity index is 354. The molecule has 0 aromatic heterocycles.